The van der Waals surface area contributed by atoms with E-state index in [2.05, 4.69) is 5.32 Å². The van der Waals surface area contributed by atoms with Crippen molar-refractivity contribution in [2.24, 2.45) is 0 Å². The van der Waals surface area contributed by atoms with Gasteiger partial charge in [0.15, 0.2) is 0 Å². The second-order valence-electron chi connectivity index (χ2n) is 8.09. The van der Waals surface area contributed by atoms with Crippen LogP contribution in [0.1, 0.15) is 32.7 Å². The first-order valence-electron chi connectivity index (χ1n) is 10.6. The van der Waals surface area contributed by atoms with Crippen molar-refractivity contribution in [3.05, 3.63) is 112 Å². The van der Waals surface area contributed by atoms with E-state index in [1.54, 1.807) is 24.3 Å². The van der Waals surface area contributed by atoms with Gasteiger partial charge in [0.05, 0.1) is 16.8 Å². The van der Waals surface area contributed by atoms with Crippen molar-refractivity contribution < 1.29 is 18.0 Å². The molecule has 4 aromatic rings. The molecule has 0 spiro atoms. The minimum atomic E-state index is -4.44. The predicted molar refractivity (Wildman–Crippen MR) is 128 cm³/mol. The molecule has 0 fully saturated rings. The van der Waals surface area contributed by atoms with E-state index < -0.39 is 11.7 Å². The van der Waals surface area contributed by atoms with E-state index in [4.69, 9.17) is 11.6 Å². The lowest BCUT2D eigenvalue weighted by molar-refractivity contribution is -0.137. The molecule has 1 N–H and O–H groups in total. The highest BCUT2D eigenvalue weighted by atomic mass is 35.5. The highest BCUT2D eigenvalue weighted by molar-refractivity contribution is 6.30. The number of nitrogens with one attached hydrogen (secondary N) is 1. The summed E-state index contributed by atoms with van der Waals surface area (Å²) in [6, 6.07) is 22.0. The maximum absolute atomic E-state index is 13.1. The molecule has 0 bridgehead atoms. The third-order valence-corrected chi connectivity index (χ3v) is 5.88. The Morgan fingerprint density at radius 1 is 0.941 bits per heavy atom. The van der Waals surface area contributed by atoms with Crippen LogP contribution in [-0.4, -0.2) is 10.5 Å². The molecule has 0 saturated carbocycles. The normalized spacial score (nSPS) is 11.5. The molecule has 0 aliphatic heterocycles. The van der Waals surface area contributed by atoms with Crippen LogP contribution < -0.4 is 5.32 Å². The van der Waals surface area contributed by atoms with Crippen LogP contribution in [-0.2, 0) is 12.7 Å². The standard InChI is InChI=1S/C27H22ClF3N2O/c1-17-6-12-23(13-7-17)33-18(2)24(15-25(33)20-8-10-22(28)11-9-20)26(34)32-16-19-4-3-5-21(14-19)27(29,30)31/h3-15H,16H2,1-2H3,(H,32,34). The van der Waals surface area contributed by atoms with Crippen LogP contribution in [0.2, 0.25) is 5.02 Å². The third kappa shape index (κ3) is 5.02. The Balaban J connectivity index is 1.68. The van der Waals surface area contributed by atoms with Crippen LogP contribution in [0.4, 0.5) is 13.2 Å². The van der Waals surface area contributed by atoms with Crippen molar-refractivity contribution in [1.82, 2.24) is 9.88 Å². The topological polar surface area (TPSA) is 34.0 Å². The summed E-state index contributed by atoms with van der Waals surface area (Å²) < 4.78 is 41.0. The fraction of sp³-hybridized carbons (Fsp3) is 0.148. The third-order valence-electron chi connectivity index (χ3n) is 5.63. The van der Waals surface area contributed by atoms with E-state index in [0.717, 1.165) is 40.3 Å². The largest absolute Gasteiger partial charge is 0.416 e. The van der Waals surface area contributed by atoms with Crippen molar-refractivity contribution in [2.45, 2.75) is 26.6 Å². The molecule has 0 aliphatic rings. The van der Waals surface area contributed by atoms with Gasteiger partial charge in [-0.15, -0.1) is 0 Å². The van der Waals surface area contributed by atoms with Gasteiger partial charge in [0.2, 0.25) is 0 Å². The monoisotopic (exact) mass is 482 g/mol. The summed E-state index contributed by atoms with van der Waals surface area (Å²) in [5.74, 6) is -0.365. The number of amides is 1. The molecular weight excluding hydrogens is 461 g/mol. The molecule has 1 amide bonds. The quantitative estimate of drug-likeness (QED) is 0.316. The summed E-state index contributed by atoms with van der Waals surface area (Å²) in [4.78, 5) is 13.1. The lowest BCUT2D eigenvalue weighted by atomic mass is 10.1. The van der Waals surface area contributed by atoms with Crippen LogP contribution in [0.5, 0.6) is 0 Å². The minimum absolute atomic E-state index is 0.0197. The minimum Gasteiger partial charge on any atom is -0.348 e. The zero-order valence-corrected chi connectivity index (χ0v) is 19.3. The summed E-state index contributed by atoms with van der Waals surface area (Å²) in [5.41, 5.74) is 4.48. The molecule has 1 aromatic heterocycles. The van der Waals surface area contributed by atoms with Crippen LogP contribution in [0.3, 0.4) is 0 Å². The van der Waals surface area contributed by atoms with Gasteiger partial charge in [-0.25, -0.2) is 0 Å². The molecule has 0 aliphatic carbocycles. The molecule has 0 radical (unpaired) electrons. The van der Waals surface area contributed by atoms with E-state index in [0.29, 0.717) is 16.1 Å². The Bertz CT molecular complexity index is 1320. The molecule has 3 nitrogen and oxygen atoms in total. The first-order valence-corrected chi connectivity index (χ1v) is 11.0. The van der Waals surface area contributed by atoms with Crippen molar-refractivity contribution in [1.29, 1.82) is 0 Å². The SMILES string of the molecule is Cc1ccc(-n2c(-c3ccc(Cl)cc3)cc(C(=O)NCc3cccc(C(F)(F)F)c3)c2C)cc1. The number of aryl methyl sites for hydroxylation is 1. The lowest BCUT2D eigenvalue weighted by Crippen LogP contribution is -2.23. The summed E-state index contributed by atoms with van der Waals surface area (Å²) in [7, 11) is 0. The van der Waals surface area contributed by atoms with Crippen LogP contribution in [0.25, 0.3) is 16.9 Å². The van der Waals surface area contributed by atoms with Crippen molar-refractivity contribution in [3.63, 3.8) is 0 Å². The summed E-state index contributed by atoms with van der Waals surface area (Å²) in [6.07, 6.45) is -4.44. The zero-order chi connectivity index (χ0) is 24.5. The van der Waals surface area contributed by atoms with E-state index in [-0.39, 0.29) is 12.5 Å². The van der Waals surface area contributed by atoms with Gasteiger partial charge in [0, 0.05) is 22.9 Å². The zero-order valence-electron chi connectivity index (χ0n) is 18.6. The fourth-order valence-corrected chi connectivity index (χ4v) is 3.96. The van der Waals surface area contributed by atoms with Gasteiger partial charge in [-0.2, -0.15) is 13.2 Å². The van der Waals surface area contributed by atoms with Crippen LogP contribution in [0, 0.1) is 13.8 Å². The molecule has 0 atom stereocenters. The van der Waals surface area contributed by atoms with Gasteiger partial charge in [-0.05, 0) is 67.4 Å². The molecule has 1 heterocycles. The summed E-state index contributed by atoms with van der Waals surface area (Å²) >= 11 is 6.06. The smallest absolute Gasteiger partial charge is 0.348 e. The average molecular weight is 483 g/mol. The summed E-state index contributed by atoms with van der Waals surface area (Å²) in [6.45, 7) is 3.83. The first-order chi connectivity index (χ1) is 16.1. The molecule has 0 unspecified atom stereocenters. The maximum atomic E-state index is 13.1. The number of alkyl halides is 3. The molecule has 3 aromatic carbocycles. The van der Waals surface area contributed by atoms with Crippen molar-refractivity contribution in [2.75, 3.05) is 0 Å². The van der Waals surface area contributed by atoms with Gasteiger partial charge in [-0.1, -0.05) is 53.6 Å². The number of carbonyl (C=O) groups excluding carboxylic acids is 1. The van der Waals surface area contributed by atoms with E-state index in [1.807, 2.05) is 54.8 Å². The van der Waals surface area contributed by atoms with Gasteiger partial charge in [-0.3, -0.25) is 4.79 Å². The lowest BCUT2D eigenvalue weighted by Gasteiger charge is -2.13. The van der Waals surface area contributed by atoms with Gasteiger partial charge in [0.25, 0.3) is 5.91 Å². The van der Waals surface area contributed by atoms with Crippen molar-refractivity contribution in [3.8, 4) is 16.9 Å². The highest BCUT2D eigenvalue weighted by Gasteiger charge is 2.30. The number of rotatable bonds is 5. The number of halogens is 4. The molecule has 0 saturated heterocycles. The number of nitrogens with zero attached hydrogens (tertiary/aromatic N) is 1. The maximum Gasteiger partial charge on any atom is 0.416 e. The molecule has 7 heteroatoms. The molecular formula is C27H22ClF3N2O. The van der Waals surface area contributed by atoms with E-state index in [9.17, 15) is 18.0 Å². The van der Waals surface area contributed by atoms with Crippen molar-refractivity contribution >= 4 is 17.5 Å². The number of hydrogen-bond acceptors (Lipinski definition) is 1. The first kappa shape index (κ1) is 23.6. The number of aromatic nitrogens is 1. The van der Waals surface area contributed by atoms with E-state index >= 15 is 0 Å². The van der Waals surface area contributed by atoms with E-state index in [1.165, 1.54) is 6.07 Å². The summed E-state index contributed by atoms with van der Waals surface area (Å²) in [5, 5.41) is 3.36. The Kier molecular flexibility index (Phi) is 6.53. The van der Waals surface area contributed by atoms with Gasteiger partial charge in [0.1, 0.15) is 0 Å². The number of benzene rings is 3. The Hall–Kier alpha value is -3.51. The molecule has 174 valence electrons. The highest BCUT2D eigenvalue weighted by Crippen LogP contribution is 2.31. The second kappa shape index (κ2) is 9.39. The Morgan fingerprint density at radius 2 is 1.62 bits per heavy atom. The van der Waals surface area contributed by atoms with Gasteiger partial charge < -0.3 is 9.88 Å². The fourth-order valence-electron chi connectivity index (χ4n) is 3.83. The Labute approximate surface area is 200 Å². The number of carbonyl (C=O) groups is 1. The average Bonchev–Trinajstić information content (AvgIpc) is 3.15. The molecule has 34 heavy (non-hydrogen) atoms. The van der Waals surface area contributed by atoms with Gasteiger partial charge >= 0.3 is 6.18 Å². The second-order valence-corrected chi connectivity index (χ2v) is 8.52. The molecule has 4 rings (SSSR count). The van der Waals surface area contributed by atoms with Crippen LogP contribution >= 0.6 is 11.6 Å². The predicted octanol–water partition coefficient (Wildman–Crippen LogP) is 7.36. The number of hydrogen-bond donors (Lipinski definition) is 1. The Morgan fingerprint density at radius 3 is 2.26 bits per heavy atom. The van der Waals surface area contributed by atoms with Crippen LogP contribution in [0.15, 0.2) is 78.9 Å².